The molecule has 0 spiro atoms. The number of amides is 2. The second kappa shape index (κ2) is 12.0. The SMILES string of the molecule is CCCCCCCNC(=O)N(C)c1cccc(-c2cc(F)c(C=C(C)C(=O)O)c(F)c2)c1. The first-order chi connectivity index (χ1) is 15.2. The summed E-state index contributed by atoms with van der Waals surface area (Å²) < 4.78 is 29.0. The Labute approximate surface area is 187 Å². The number of anilines is 1. The maximum Gasteiger partial charge on any atom is 0.331 e. The van der Waals surface area contributed by atoms with Gasteiger partial charge in [-0.15, -0.1) is 0 Å². The summed E-state index contributed by atoms with van der Waals surface area (Å²) in [7, 11) is 1.63. The summed E-state index contributed by atoms with van der Waals surface area (Å²) in [6.07, 6.45) is 6.47. The lowest BCUT2D eigenvalue weighted by Gasteiger charge is -2.19. The average molecular weight is 445 g/mol. The van der Waals surface area contributed by atoms with Gasteiger partial charge >= 0.3 is 12.0 Å². The summed E-state index contributed by atoms with van der Waals surface area (Å²) >= 11 is 0. The Hall–Kier alpha value is -3.22. The molecule has 0 fully saturated rings. The van der Waals surface area contributed by atoms with Crippen molar-refractivity contribution in [3.8, 4) is 11.1 Å². The van der Waals surface area contributed by atoms with Crippen LogP contribution in [-0.4, -0.2) is 30.7 Å². The molecule has 7 heteroatoms. The number of benzene rings is 2. The van der Waals surface area contributed by atoms with Gasteiger partial charge < -0.3 is 10.4 Å². The molecule has 0 heterocycles. The van der Waals surface area contributed by atoms with Gasteiger partial charge in [-0.25, -0.2) is 18.4 Å². The molecule has 0 saturated carbocycles. The Morgan fingerprint density at radius 2 is 1.69 bits per heavy atom. The number of aliphatic carboxylic acids is 1. The van der Waals surface area contributed by atoms with Crippen LogP contribution in [0.25, 0.3) is 17.2 Å². The van der Waals surface area contributed by atoms with E-state index in [0.29, 0.717) is 17.8 Å². The minimum Gasteiger partial charge on any atom is -0.478 e. The summed E-state index contributed by atoms with van der Waals surface area (Å²) in [6.45, 7) is 4.01. The average Bonchev–Trinajstić information content (AvgIpc) is 2.77. The normalized spacial score (nSPS) is 11.3. The zero-order valence-corrected chi connectivity index (χ0v) is 18.8. The fourth-order valence-electron chi connectivity index (χ4n) is 3.22. The molecule has 0 atom stereocenters. The van der Waals surface area contributed by atoms with Crippen LogP contribution in [0, 0.1) is 11.6 Å². The zero-order chi connectivity index (χ0) is 23.7. The number of carboxylic acids is 1. The van der Waals surface area contributed by atoms with Gasteiger partial charge in [-0.05, 0) is 54.8 Å². The van der Waals surface area contributed by atoms with Crippen LogP contribution < -0.4 is 10.2 Å². The number of carbonyl (C=O) groups is 2. The predicted molar refractivity (Wildman–Crippen MR) is 124 cm³/mol. The molecule has 2 amide bonds. The second-order valence-corrected chi connectivity index (χ2v) is 7.74. The quantitative estimate of drug-likeness (QED) is 0.337. The summed E-state index contributed by atoms with van der Waals surface area (Å²) in [5.74, 6) is -2.97. The van der Waals surface area contributed by atoms with E-state index >= 15 is 0 Å². The molecule has 2 rings (SSSR count). The number of urea groups is 1. The molecular weight excluding hydrogens is 414 g/mol. The summed E-state index contributed by atoms with van der Waals surface area (Å²) in [4.78, 5) is 24.8. The van der Waals surface area contributed by atoms with E-state index in [2.05, 4.69) is 12.2 Å². The molecule has 0 aliphatic rings. The van der Waals surface area contributed by atoms with Gasteiger partial charge in [-0.3, -0.25) is 4.90 Å². The molecule has 2 N–H and O–H groups in total. The molecule has 2 aromatic rings. The molecule has 32 heavy (non-hydrogen) atoms. The van der Waals surface area contributed by atoms with Crippen molar-refractivity contribution in [3.05, 3.63) is 59.2 Å². The van der Waals surface area contributed by atoms with Crippen LogP contribution in [0.2, 0.25) is 0 Å². The molecule has 2 aromatic carbocycles. The van der Waals surface area contributed by atoms with Crippen molar-refractivity contribution in [2.24, 2.45) is 0 Å². The van der Waals surface area contributed by atoms with Crippen molar-refractivity contribution in [3.63, 3.8) is 0 Å². The third-order valence-electron chi connectivity index (χ3n) is 5.21. The monoisotopic (exact) mass is 444 g/mol. The zero-order valence-electron chi connectivity index (χ0n) is 18.8. The fourth-order valence-corrected chi connectivity index (χ4v) is 3.22. The molecule has 5 nitrogen and oxygen atoms in total. The first kappa shape index (κ1) is 25.0. The van der Waals surface area contributed by atoms with Crippen LogP contribution in [-0.2, 0) is 4.79 Å². The number of hydrogen-bond acceptors (Lipinski definition) is 2. The van der Waals surface area contributed by atoms with Crippen LogP contribution in [0.15, 0.2) is 42.0 Å². The number of carboxylic acid groups (broad SMARTS) is 1. The number of unbranched alkanes of at least 4 members (excludes halogenated alkanes) is 4. The lowest BCUT2D eigenvalue weighted by molar-refractivity contribution is -0.132. The molecule has 0 saturated heterocycles. The standard InChI is InChI=1S/C25H30F2N2O3/c1-4-5-6-7-8-12-28-25(32)29(3)20-11-9-10-18(14-20)19-15-22(26)21(23(27)16-19)13-17(2)24(30)31/h9-11,13-16H,4-8,12H2,1-3H3,(H,28,32)(H,30,31). The lowest BCUT2D eigenvalue weighted by Crippen LogP contribution is -2.37. The Morgan fingerprint density at radius 3 is 2.31 bits per heavy atom. The van der Waals surface area contributed by atoms with Crippen molar-refractivity contribution in [2.45, 2.75) is 46.0 Å². The number of halogens is 2. The third-order valence-corrected chi connectivity index (χ3v) is 5.21. The number of hydrogen-bond donors (Lipinski definition) is 2. The van der Waals surface area contributed by atoms with E-state index < -0.39 is 23.2 Å². The number of nitrogens with zero attached hydrogens (tertiary/aromatic N) is 1. The van der Waals surface area contributed by atoms with E-state index in [1.165, 1.54) is 24.7 Å². The number of nitrogens with one attached hydrogen (secondary N) is 1. The van der Waals surface area contributed by atoms with Crippen molar-refractivity contribution < 1.29 is 23.5 Å². The highest BCUT2D eigenvalue weighted by Gasteiger charge is 2.15. The summed E-state index contributed by atoms with van der Waals surface area (Å²) in [6, 6.07) is 8.86. The van der Waals surface area contributed by atoms with E-state index in [4.69, 9.17) is 5.11 Å². The number of carbonyl (C=O) groups excluding carboxylic acids is 1. The molecule has 0 radical (unpaired) electrons. The van der Waals surface area contributed by atoms with E-state index in [0.717, 1.165) is 37.5 Å². The molecule has 172 valence electrons. The topological polar surface area (TPSA) is 69.6 Å². The molecule has 0 unspecified atom stereocenters. The van der Waals surface area contributed by atoms with Gasteiger partial charge in [0.2, 0.25) is 0 Å². The van der Waals surface area contributed by atoms with Crippen LogP contribution in [0.1, 0.15) is 51.5 Å². The molecular formula is C25H30F2N2O3. The van der Waals surface area contributed by atoms with Gasteiger partial charge in [-0.2, -0.15) is 0 Å². The molecule has 0 aromatic heterocycles. The number of rotatable bonds is 10. The Balaban J connectivity index is 2.14. The van der Waals surface area contributed by atoms with Gasteiger partial charge in [-0.1, -0.05) is 44.7 Å². The van der Waals surface area contributed by atoms with Crippen molar-refractivity contribution in [1.82, 2.24) is 5.32 Å². The maximum atomic E-state index is 14.5. The van der Waals surface area contributed by atoms with E-state index in [1.54, 1.807) is 31.3 Å². The maximum absolute atomic E-state index is 14.5. The Morgan fingerprint density at radius 1 is 1.03 bits per heavy atom. The second-order valence-electron chi connectivity index (χ2n) is 7.74. The van der Waals surface area contributed by atoms with E-state index in [1.807, 2.05) is 0 Å². The highest BCUT2D eigenvalue weighted by Crippen LogP contribution is 2.28. The summed E-state index contributed by atoms with van der Waals surface area (Å²) in [5.41, 5.74) is 0.829. The first-order valence-electron chi connectivity index (χ1n) is 10.8. The summed E-state index contributed by atoms with van der Waals surface area (Å²) in [5, 5.41) is 11.8. The van der Waals surface area contributed by atoms with Crippen molar-refractivity contribution >= 4 is 23.8 Å². The van der Waals surface area contributed by atoms with Crippen molar-refractivity contribution in [2.75, 3.05) is 18.5 Å². The molecule has 0 aliphatic carbocycles. The fraction of sp³-hybridized carbons (Fsp3) is 0.360. The van der Waals surface area contributed by atoms with Crippen LogP contribution in [0.4, 0.5) is 19.3 Å². The smallest absolute Gasteiger partial charge is 0.331 e. The minimum absolute atomic E-state index is 0.171. The van der Waals surface area contributed by atoms with Gasteiger partial charge in [0.15, 0.2) is 0 Å². The minimum atomic E-state index is -1.25. The van der Waals surface area contributed by atoms with Crippen LogP contribution in [0.5, 0.6) is 0 Å². The van der Waals surface area contributed by atoms with E-state index in [9.17, 15) is 18.4 Å². The first-order valence-corrected chi connectivity index (χ1v) is 10.8. The van der Waals surface area contributed by atoms with Crippen molar-refractivity contribution in [1.29, 1.82) is 0 Å². The van der Waals surface area contributed by atoms with Gasteiger partial charge in [0.05, 0.1) is 0 Å². The predicted octanol–water partition coefficient (Wildman–Crippen LogP) is 6.24. The van der Waals surface area contributed by atoms with Gasteiger partial charge in [0.1, 0.15) is 11.6 Å². The van der Waals surface area contributed by atoms with E-state index in [-0.39, 0.29) is 17.2 Å². The molecule has 0 aliphatic heterocycles. The van der Waals surface area contributed by atoms with Gasteiger partial charge in [0.25, 0.3) is 0 Å². The Bertz CT molecular complexity index is 966. The third kappa shape index (κ3) is 6.90. The highest BCUT2D eigenvalue weighted by molar-refractivity contribution is 5.92. The largest absolute Gasteiger partial charge is 0.478 e. The molecule has 0 bridgehead atoms. The Kier molecular flexibility index (Phi) is 9.38. The van der Waals surface area contributed by atoms with Crippen LogP contribution >= 0.6 is 0 Å². The van der Waals surface area contributed by atoms with Crippen LogP contribution in [0.3, 0.4) is 0 Å². The lowest BCUT2D eigenvalue weighted by atomic mass is 10.0. The highest BCUT2D eigenvalue weighted by atomic mass is 19.1. The van der Waals surface area contributed by atoms with Gasteiger partial charge in [0, 0.05) is 30.4 Å².